The number of fused-ring (bicyclic) bond motifs is 1. The number of likely N-dealkylation sites (N-methyl/N-ethyl adjacent to an activating group) is 1. The summed E-state index contributed by atoms with van der Waals surface area (Å²) in [6.45, 7) is 7.75. The molecule has 0 saturated carbocycles. The Kier molecular flexibility index (Phi) is 4.64. The van der Waals surface area contributed by atoms with Gasteiger partial charge < -0.3 is 15.5 Å². The summed E-state index contributed by atoms with van der Waals surface area (Å²) < 4.78 is 1.65. The molecule has 136 valence electrons. The van der Waals surface area contributed by atoms with Gasteiger partial charge in [-0.05, 0) is 45.8 Å². The summed E-state index contributed by atoms with van der Waals surface area (Å²) in [5.41, 5.74) is 8.54. The van der Waals surface area contributed by atoms with E-state index < -0.39 is 0 Å². The number of likely N-dealkylation sites (tertiary alicyclic amines) is 1. The van der Waals surface area contributed by atoms with Crippen molar-refractivity contribution < 1.29 is 4.79 Å². The van der Waals surface area contributed by atoms with Crippen LogP contribution >= 0.6 is 0 Å². The van der Waals surface area contributed by atoms with Gasteiger partial charge in [0.15, 0.2) is 0 Å². The van der Waals surface area contributed by atoms with Crippen molar-refractivity contribution in [3.05, 3.63) is 17.0 Å². The summed E-state index contributed by atoms with van der Waals surface area (Å²) in [5.74, 6) is 1.42. The molecule has 25 heavy (non-hydrogen) atoms. The van der Waals surface area contributed by atoms with Gasteiger partial charge >= 0.3 is 0 Å². The van der Waals surface area contributed by atoms with Crippen LogP contribution in [0.25, 0.3) is 5.78 Å². The van der Waals surface area contributed by atoms with E-state index >= 15 is 0 Å². The number of anilines is 1. The number of aromatic nitrogens is 4. The van der Waals surface area contributed by atoms with Crippen LogP contribution in [0.4, 0.5) is 5.95 Å². The summed E-state index contributed by atoms with van der Waals surface area (Å²) in [7, 11) is 4.15. The molecular formula is C17H27N7O. The molecule has 2 N–H and O–H groups in total. The van der Waals surface area contributed by atoms with Crippen LogP contribution in [0.1, 0.15) is 30.3 Å². The fourth-order valence-electron chi connectivity index (χ4n) is 3.80. The van der Waals surface area contributed by atoms with E-state index in [2.05, 4.69) is 41.0 Å². The van der Waals surface area contributed by atoms with Gasteiger partial charge in [0.2, 0.25) is 11.9 Å². The molecular weight excluding hydrogens is 318 g/mol. The Balaban J connectivity index is 1.71. The average Bonchev–Trinajstić information content (AvgIpc) is 3.09. The van der Waals surface area contributed by atoms with E-state index in [0.29, 0.717) is 30.6 Å². The SMILES string of the molecule is Cc1nc2nc(N)nn2c(C)c1CCC(=O)N1CC(C)C(N(C)C)C1. The first-order valence-electron chi connectivity index (χ1n) is 8.70. The lowest BCUT2D eigenvalue weighted by Crippen LogP contribution is -2.35. The lowest BCUT2D eigenvalue weighted by atomic mass is 10.1. The molecule has 1 amide bonds. The zero-order valence-corrected chi connectivity index (χ0v) is 15.7. The first-order valence-corrected chi connectivity index (χ1v) is 8.70. The molecule has 0 spiro atoms. The number of nitrogens with two attached hydrogens (primary N) is 1. The lowest BCUT2D eigenvalue weighted by Gasteiger charge is -2.22. The van der Waals surface area contributed by atoms with Crippen LogP contribution in [0.2, 0.25) is 0 Å². The smallest absolute Gasteiger partial charge is 0.254 e. The van der Waals surface area contributed by atoms with Gasteiger partial charge in [0.1, 0.15) is 0 Å². The lowest BCUT2D eigenvalue weighted by molar-refractivity contribution is -0.130. The molecule has 2 aromatic rings. The highest BCUT2D eigenvalue weighted by Gasteiger charge is 2.33. The third-order valence-electron chi connectivity index (χ3n) is 5.24. The predicted octanol–water partition coefficient (Wildman–Crippen LogP) is 0.664. The third kappa shape index (κ3) is 3.30. The quantitative estimate of drug-likeness (QED) is 0.875. The highest BCUT2D eigenvalue weighted by Crippen LogP contribution is 2.22. The van der Waals surface area contributed by atoms with E-state index in [9.17, 15) is 4.79 Å². The van der Waals surface area contributed by atoms with Gasteiger partial charge in [-0.3, -0.25) is 4.79 Å². The van der Waals surface area contributed by atoms with Gasteiger partial charge in [-0.15, -0.1) is 5.10 Å². The van der Waals surface area contributed by atoms with Gasteiger partial charge in [0.25, 0.3) is 5.78 Å². The van der Waals surface area contributed by atoms with Crippen LogP contribution in [-0.2, 0) is 11.2 Å². The van der Waals surface area contributed by atoms with Crippen LogP contribution < -0.4 is 5.73 Å². The number of nitrogens with zero attached hydrogens (tertiary/aromatic N) is 6. The second-order valence-corrected chi connectivity index (χ2v) is 7.25. The van der Waals surface area contributed by atoms with Crippen LogP contribution in [0.15, 0.2) is 0 Å². The number of hydrogen-bond donors (Lipinski definition) is 1. The number of rotatable bonds is 4. The third-order valence-corrected chi connectivity index (χ3v) is 5.24. The Labute approximate surface area is 148 Å². The molecule has 0 bridgehead atoms. The summed E-state index contributed by atoms with van der Waals surface area (Å²) >= 11 is 0. The molecule has 1 aliphatic rings. The molecule has 2 aromatic heterocycles. The number of carbonyl (C=O) groups is 1. The van der Waals surface area contributed by atoms with Crippen LogP contribution in [0.3, 0.4) is 0 Å². The van der Waals surface area contributed by atoms with E-state index in [1.54, 1.807) is 4.52 Å². The minimum Gasteiger partial charge on any atom is -0.366 e. The fourth-order valence-corrected chi connectivity index (χ4v) is 3.80. The molecule has 0 aliphatic carbocycles. The Bertz CT molecular complexity index is 798. The van der Waals surface area contributed by atoms with Crippen LogP contribution in [0, 0.1) is 19.8 Å². The first kappa shape index (κ1) is 17.6. The number of nitrogen functional groups attached to an aromatic ring is 1. The summed E-state index contributed by atoms with van der Waals surface area (Å²) in [6.07, 6.45) is 1.13. The predicted molar refractivity (Wildman–Crippen MR) is 96.2 cm³/mol. The molecule has 0 radical (unpaired) electrons. The maximum atomic E-state index is 12.7. The van der Waals surface area contributed by atoms with Gasteiger partial charge in [0, 0.05) is 36.9 Å². The molecule has 1 saturated heterocycles. The van der Waals surface area contributed by atoms with Crippen molar-refractivity contribution in [1.29, 1.82) is 0 Å². The summed E-state index contributed by atoms with van der Waals surface area (Å²) in [4.78, 5) is 25.4. The Hall–Kier alpha value is -2.22. The molecule has 8 heteroatoms. The maximum absolute atomic E-state index is 12.7. The highest BCUT2D eigenvalue weighted by atomic mass is 16.2. The number of aryl methyl sites for hydroxylation is 2. The van der Waals surface area contributed by atoms with Gasteiger partial charge in [-0.1, -0.05) is 6.92 Å². The molecule has 8 nitrogen and oxygen atoms in total. The molecule has 0 aromatic carbocycles. The van der Waals surface area contributed by atoms with Crippen molar-refractivity contribution in [2.75, 3.05) is 32.9 Å². The fraction of sp³-hybridized carbons (Fsp3) is 0.647. The summed E-state index contributed by atoms with van der Waals surface area (Å²) in [6, 6.07) is 0.434. The second-order valence-electron chi connectivity index (χ2n) is 7.25. The van der Waals surface area contributed by atoms with Crippen molar-refractivity contribution in [3.63, 3.8) is 0 Å². The molecule has 2 atom stereocenters. The Morgan fingerprint density at radius 2 is 2.00 bits per heavy atom. The molecule has 2 unspecified atom stereocenters. The van der Waals surface area contributed by atoms with E-state index in [1.165, 1.54) is 0 Å². The first-order chi connectivity index (χ1) is 11.8. The minimum atomic E-state index is 0.202. The average molecular weight is 345 g/mol. The second kappa shape index (κ2) is 6.59. The highest BCUT2D eigenvalue weighted by molar-refractivity contribution is 5.77. The summed E-state index contributed by atoms with van der Waals surface area (Å²) in [5, 5.41) is 4.18. The Morgan fingerprint density at radius 3 is 2.64 bits per heavy atom. The van der Waals surface area contributed by atoms with Crippen LogP contribution in [0.5, 0.6) is 0 Å². The number of amides is 1. The number of hydrogen-bond acceptors (Lipinski definition) is 6. The molecule has 1 aliphatic heterocycles. The van der Waals surface area contributed by atoms with Crippen molar-refractivity contribution in [3.8, 4) is 0 Å². The largest absolute Gasteiger partial charge is 0.366 e. The van der Waals surface area contributed by atoms with Crippen molar-refractivity contribution in [1.82, 2.24) is 29.4 Å². The van der Waals surface area contributed by atoms with E-state index in [-0.39, 0.29) is 11.9 Å². The standard InChI is InChI=1S/C17H27N7O/c1-10-8-23(9-14(10)22(4)5)15(25)7-6-13-11(2)19-17-20-16(18)21-24(17)12(13)3/h10,14H,6-9H2,1-5H3,(H2,18,21). The van der Waals surface area contributed by atoms with Gasteiger partial charge in [-0.2, -0.15) is 9.50 Å². The number of carbonyl (C=O) groups excluding carboxylic acids is 1. The monoisotopic (exact) mass is 345 g/mol. The van der Waals surface area contributed by atoms with Crippen molar-refractivity contribution >= 4 is 17.6 Å². The van der Waals surface area contributed by atoms with E-state index in [4.69, 9.17) is 5.73 Å². The Morgan fingerprint density at radius 1 is 1.28 bits per heavy atom. The molecule has 3 rings (SSSR count). The topological polar surface area (TPSA) is 92.6 Å². The maximum Gasteiger partial charge on any atom is 0.254 e. The van der Waals surface area contributed by atoms with Gasteiger partial charge in [-0.25, -0.2) is 4.98 Å². The zero-order chi connectivity index (χ0) is 18.3. The van der Waals surface area contributed by atoms with E-state index in [0.717, 1.165) is 30.0 Å². The minimum absolute atomic E-state index is 0.202. The van der Waals surface area contributed by atoms with Crippen LogP contribution in [-0.4, -0.2) is 68.5 Å². The zero-order valence-electron chi connectivity index (χ0n) is 15.7. The normalized spacial score (nSPS) is 20.8. The van der Waals surface area contributed by atoms with Gasteiger partial charge in [0.05, 0.1) is 0 Å². The van der Waals surface area contributed by atoms with Crippen molar-refractivity contribution in [2.24, 2.45) is 5.92 Å². The molecule has 3 heterocycles. The van der Waals surface area contributed by atoms with Crippen molar-refractivity contribution in [2.45, 2.75) is 39.7 Å². The van der Waals surface area contributed by atoms with E-state index in [1.807, 2.05) is 18.7 Å². The molecule has 1 fully saturated rings.